The van der Waals surface area contributed by atoms with Crippen LogP contribution in [0.1, 0.15) is 16.7 Å². The largest absolute Gasteiger partial charge is 0.378 e. The lowest BCUT2D eigenvalue weighted by atomic mass is 10.1. The average Bonchev–Trinajstić information content (AvgIpc) is 3.13. The van der Waals surface area contributed by atoms with Gasteiger partial charge in [0.15, 0.2) is 0 Å². The van der Waals surface area contributed by atoms with Crippen LogP contribution in [0, 0.1) is 6.92 Å². The van der Waals surface area contributed by atoms with Crippen LogP contribution in [0.3, 0.4) is 0 Å². The van der Waals surface area contributed by atoms with Gasteiger partial charge in [-0.05, 0) is 59.3 Å². The molecule has 1 aliphatic rings. The molecule has 36 heavy (non-hydrogen) atoms. The first kappa shape index (κ1) is 23.8. The summed E-state index contributed by atoms with van der Waals surface area (Å²) in [5.74, 6) is -0.367. The first-order valence-corrected chi connectivity index (χ1v) is 13.4. The van der Waals surface area contributed by atoms with E-state index in [1.165, 1.54) is 23.1 Å². The predicted octanol–water partition coefficient (Wildman–Crippen LogP) is 6.15. The molecule has 0 spiro atoms. The van der Waals surface area contributed by atoms with Crippen LogP contribution in [-0.2, 0) is 21.5 Å². The number of rotatable bonds is 6. The molecule has 1 aliphatic heterocycles. The second-order valence-corrected chi connectivity index (χ2v) is 10.9. The molecule has 0 aliphatic carbocycles. The maximum Gasteiger partial charge on any atom is 0.339 e. The summed E-state index contributed by atoms with van der Waals surface area (Å²) in [6, 6.07) is 26.3. The molecule has 8 heteroatoms. The van der Waals surface area contributed by atoms with Gasteiger partial charge in [0.2, 0.25) is 0 Å². The zero-order valence-electron chi connectivity index (χ0n) is 19.2. The Bertz CT molecular complexity index is 1630. The van der Waals surface area contributed by atoms with E-state index in [4.69, 9.17) is 4.18 Å². The van der Waals surface area contributed by atoms with Crippen molar-refractivity contribution < 1.29 is 22.2 Å². The summed E-state index contributed by atoms with van der Waals surface area (Å²) in [6.45, 7) is 2.13. The topological polar surface area (TPSA) is 80.8 Å². The van der Waals surface area contributed by atoms with Gasteiger partial charge in [0.05, 0.1) is 11.4 Å². The summed E-state index contributed by atoms with van der Waals surface area (Å²) in [6.07, 6.45) is 1.49. The highest BCUT2D eigenvalue weighted by Crippen LogP contribution is 2.35. The van der Waals surface area contributed by atoms with Gasteiger partial charge in [-0.25, -0.2) is 0 Å². The van der Waals surface area contributed by atoms with Crippen molar-refractivity contribution in [1.29, 1.82) is 0 Å². The number of hydrogen-bond donors (Lipinski definition) is 0. The molecule has 4 aromatic carbocycles. The fraction of sp³-hybridized carbons (Fsp3) is 0.0714. The van der Waals surface area contributed by atoms with Gasteiger partial charge in [-0.1, -0.05) is 78.4 Å². The number of carbonyl (C=O) groups excluding carboxylic acids is 2. The minimum absolute atomic E-state index is 0.0226. The van der Waals surface area contributed by atoms with E-state index in [0.717, 1.165) is 33.7 Å². The van der Waals surface area contributed by atoms with Crippen LogP contribution in [0.5, 0.6) is 5.75 Å². The van der Waals surface area contributed by atoms with Gasteiger partial charge in [0, 0.05) is 5.56 Å². The Morgan fingerprint density at radius 1 is 0.861 bits per heavy atom. The molecule has 2 amide bonds. The zero-order chi connectivity index (χ0) is 25.3. The average molecular weight is 516 g/mol. The lowest BCUT2D eigenvalue weighted by Gasteiger charge is -2.12. The minimum atomic E-state index is -4.14. The molecule has 1 heterocycles. The highest BCUT2D eigenvalue weighted by Gasteiger charge is 2.35. The van der Waals surface area contributed by atoms with Crippen molar-refractivity contribution in [2.24, 2.45) is 0 Å². The summed E-state index contributed by atoms with van der Waals surface area (Å²) in [5.41, 5.74) is 2.31. The first-order valence-electron chi connectivity index (χ1n) is 11.1. The van der Waals surface area contributed by atoms with Gasteiger partial charge in [-0.3, -0.25) is 14.5 Å². The van der Waals surface area contributed by atoms with E-state index in [2.05, 4.69) is 0 Å². The van der Waals surface area contributed by atoms with E-state index in [0.29, 0.717) is 5.56 Å². The number of aryl methyl sites for hydroxylation is 1. The van der Waals surface area contributed by atoms with Crippen LogP contribution in [0.15, 0.2) is 101 Å². The van der Waals surface area contributed by atoms with Gasteiger partial charge in [0.1, 0.15) is 10.6 Å². The van der Waals surface area contributed by atoms with E-state index in [-0.39, 0.29) is 27.3 Å². The van der Waals surface area contributed by atoms with Crippen LogP contribution in [0.4, 0.5) is 4.79 Å². The molecule has 4 aromatic rings. The Balaban J connectivity index is 1.41. The number of para-hydroxylation sites is 1. The van der Waals surface area contributed by atoms with E-state index in [1.807, 2.05) is 55.5 Å². The van der Waals surface area contributed by atoms with Crippen LogP contribution >= 0.6 is 11.8 Å². The Morgan fingerprint density at radius 3 is 2.33 bits per heavy atom. The monoisotopic (exact) mass is 515 g/mol. The molecule has 0 N–H and O–H groups in total. The fourth-order valence-corrected chi connectivity index (χ4v) is 5.64. The lowest BCUT2D eigenvalue weighted by Crippen LogP contribution is -2.27. The number of benzene rings is 4. The Hall–Kier alpha value is -3.88. The molecule has 180 valence electrons. The maximum atomic E-state index is 13.1. The molecular weight excluding hydrogens is 494 g/mol. The molecule has 0 atom stereocenters. The summed E-state index contributed by atoms with van der Waals surface area (Å²) < 4.78 is 31.6. The number of carbonyl (C=O) groups is 2. The molecule has 6 nitrogen and oxygen atoms in total. The normalized spacial score (nSPS) is 15.1. The molecule has 1 fully saturated rings. The number of amides is 2. The molecule has 0 radical (unpaired) electrons. The van der Waals surface area contributed by atoms with Crippen molar-refractivity contribution in [3.63, 3.8) is 0 Å². The number of imide groups is 1. The van der Waals surface area contributed by atoms with Gasteiger partial charge in [-0.2, -0.15) is 8.42 Å². The van der Waals surface area contributed by atoms with E-state index in [9.17, 15) is 18.0 Å². The molecule has 0 bridgehead atoms. The lowest BCUT2D eigenvalue weighted by molar-refractivity contribution is -0.123. The number of thioether (sulfide) groups is 1. The minimum Gasteiger partial charge on any atom is -0.378 e. The quantitative estimate of drug-likeness (QED) is 0.226. The zero-order valence-corrected chi connectivity index (χ0v) is 20.9. The summed E-state index contributed by atoms with van der Waals surface area (Å²) in [5, 5.41) is 1.31. The third kappa shape index (κ3) is 4.91. The standard InChI is InChI=1S/C28H21NO5S2/c1-19-10-12-20(13-11-19)18-29-27(30)26(35-28(29)31)17-23-8-4-5-9-25(23)34-36(32,33)24-15-14-21-6-2-3-7-22(21)16-24/h2-17H,18H2,1H3/b26-17-. The highest BCUT2D eigenvalue weighted by atomic mass is 32.2. The van der Waals surface area contributed by atoms with E-state index in [1.54, 1.807) is 30.3 Å². The molecule has 1 saturated heterocycles. The van der Waals surface area contributed by atoms with Crippen molar-refractivity contribution >= 4 is 49.9 Å². The van der Waals surface area contributed by atoms with E-state index >= 15 is 0 Å². The molecular formula is C28H21NO5S2. The third-order valence-electron chi connectivity index (χ3n) is 5.75. The van der Waals surface area contributed by atoms with Crippen molar-refractivity contribution in [3.8, 4) is 5.75 Å². The molecule has 0 unspecified atom stereocenters. The predicted molar refractivity (Wildman–Crippen MR) is 141 cm³/mol. The Morgan fingerprint density at radius 2 is 1.56 bits per heavy atom. The summed E-state index contributed by atoms with van der Waals surface area (Å²) in [7, 11) is -4.14. The second-order valence-electron chi connectivity index (χ2n) is 8.34. The molecule has 0 aromatic heterocycles. The maximum absolute atomic E-state index is 13.1. The number of hydrogen-bond acceptors (Lipinski definition) is 6. The van der Waals surface area contributed by atoms with Crippen molar-refractivity contribution in [3.05, 3.63) is 113 Å². The van der Waals surface area contributed by atoms with Crippen LogP contribution in [0.2, 0.25) is 0 Å². The van der Waals surface area contributed by atoms with Crippen LogP contribution < -0.4 is 4.18 Å². The smallest absolute Gasteiger partial charge is 0.339 e. The Labute approximate surface area is 213 Å². The number of nitrogens with zero attached hydrogens (tertiary/aromatic N) is 1. The van der Waals surface area contributed by atoms with Crippen molar-refractivity contribution in [2.75, 3.05) is 0 Å². The first-order chi connectivity index (χ1) is 17.3. The van der Waals surface area contributed by atoms with Crippen molar-refractivity contribution in [1.82, 2.24) is 4.90 Å². The molecule has 0 saturated carbocycles. The SMILES string of the molecule is Cc1ccc(CN2C(=O)S/C(=C\c3ccccc3OS(=O)(=O)c3ccc4ccccc4c3)C2=O)cc1. The van der Waals surface area contributed by atoms with Gasteiger partial charge in [-0.15, -0.1) is 0 Å². The highest BCUT2D eigenvalue weighted by molar-refractivity contribution is 8.18. The van der Waals surface area contributed by atoms with Gasteiger partial charge in [0.25, 0.3) is 11.1 Å². The fourth-order valence-electron chi connectivity index (χ4n) is 3.82. The van der Waals surface area contributed by atoms with Gasteiger partial charge >= 0.3 is 10.1 Å². The molecule has 5 rings (SSSR count). The number of fused-ring (bicyclic) bond motifs is 1. The third-order valence-corrected chi connectivity index (χ3v) is 7.89. The Kier molecular flexibility index (Phi) is 6.38. The second kappa shape index (κ2) is 9.64. The van der Waals surface area contributed by atoms with Crippen LogP contribution in [-0.4, -0.2) is 24.5 Å². The van der Waals surface area contributed by atoms with Gasteiger partial charge < -0.3 is 4.18 Å². The summed E-state index contributed by atoms with van der Waals surface area (Å²) >= 11 is 0.817. The van der Waals surface area contributed by atoms with Crippen LogP contribution in [0.25, 0.3) is 16.8 Å². The summed E-state index contributed by atoms with van der Waals surface area (Å²) in [4.78, 5) is 27.0. The van der Waals surface area contributed by atoms with Crippen molar-refractivity contribution in [2.45, 2.75) is 18.4 Å². The van der Waals surface area contributed by atoms with E-state index < -0.39 is 16.0 Å².